The van der Waals surface area contributed by atoms with Crippen LogP contribution >= 0.6 is 0 Å². The van der Waals surface area contributed by atoms with E-state index in [0.717, 1.165) is 38.6 Å². The standard InChI is InChI=1S/C44H71N7O7.C44H69N5O7/c1-6-29(4)40(39(54)27-33(30(5)52)24-28(2)3)50-42(56)36-26-31-18-19-38(53)32(25-31)14-8-11-21-47-22-12-9-15-34(46)41(55)48-35(16-7-10-20-45)44(58)51-23-13-17-37(51)43(57)49-36;1-6-30(4)41(39(52)28-34(31(5)50)25-29(2)3)48-42(54)36-27-32-21-22-38(51)33(26-32)17-12-10-8-7-9-11-13-20-40(53)46-35(18-14-15-23-45)44(56)49-24-16-19-37(49)43(55)47-36/h8,11,18-19,25,28-29,33-37,40,47,53H,6-7,9-10,12-17,20-24,26-27,45-46H2,1-5H3,(H,48,55)(H,49,57)(H,50,56);10,12,21-22,26,29-30,34-37,41,51H,6-9,11,13-20,23-25,27-28,45H2,1-5H3,(H,46,53)(H,47,55)(H,48,54)/t29?,33-,34+,35+,36+,37+,40+;30?,34?,35-,36-,37-,41-/m10/s1. The number of phenolic OH excluding ortho intramolecular Hbond substituents is 2. The lowest BCUT2D eigenvalue weighted by molar-refractivity contribution is -0.142. The second-order valence-electron chi connectivity index (χ2n) is 33.2. The molecule has 2 fully saturated rings. The number of Topliss-reactive ketones (excluding diaryl/α,β-unsaturated/α-hetero) is 4. The van der Waals surface area contributed by atoms with E-state index in [-0.39, 0.29) is 95.8 Å². The molecule has 0 aromatic heterocycles. The monoisotopic (exact) mass is 1590 g/mol. The molecule has 0 aliphatic carbocycles. The Kier molecular flexibility index (Phi) is 43.1. The first-order valence-corrected chi connectivity index (χ1v) is 42.7. The number of fused-ring (bicyclic) bond motifs is 6. The van der Waals surface area contributed by atoms with E-state index < -0.39 is 102 Å². The molecule has 8 amide bonds. The summed E-state index contributed by atoms with van der Waals surface area (Å²) in [6.45, 7) is 21.5. The molecular weight excluding hydrogens is 1450 g/mol. The molecule has 114 heavy (non-hydrogen) atoms. The number of rotatable bonds is 28. The van der Waals surface area contributed by atoms with Crippen molar-refractivity contribution >= 4 is 70.4 Å². The van der Waals surface area contributed by atoms with E-state index in [2.05, 4.69) is 43.3 Å². The van der Waals surface area contributed by atoms with Gasteiger partial charge in [0.15, 0.2) is 11.6 Å². The fraction of sp³-hybridized carbons (Fsp3) is 0.682. The summed E-state index contributed by atoms with van der Waals surface area (Å²) < 4.78 is 0. The van der Waals surface area contributed by atoms with E-state index >= 15 is 0 Å². The molecule has 4 aliphatic heterocycles. The molecule has 15 N–H and O–H groups in total. The van der Waals surface area contributed by atoms with Crippen LogP contribution in [0.2, 0.25) is 0 Å². The smallest absolute Gasteiger partial charge is 0.245 e. The van der Waals surface area contributed by atoms with Crippen molar-refractivity contribution in [3.63, 3.8) is 0 Å². The van der Waals surface area contributed by atoms with E-state index in [1.54, 1.807) is 30.3 Å². The summed E-state index contributed by atoms with van der Waals surface area (Å²) in [6.07, 6.45) is 23.2. The summed E-state index contributed by atoms with van der Waals surface area (Å²) in [4.78, 5) is 168. The molecule has 2 aromatic carbocycles. The summed E-state index contributed by atoms with van der Waals surface area (Å²) in [5.74, 6) is -4.87. The normalized spacial score (nSPS) is 22.7. The summed E-state index contributed by atoms with van der Waals surface area (Å²) in [5.41, 5.74) is 20.5. The molecule has 4 heterocycles. The zero-order chi connectivity index (χ0) is 84.0. The number of hydrogen-bond acceptors (Lipinski definition) is 18. The minimum atomic E-state index is -1.15. The van der Waals surface area contributed by atoms with Crippen LogP contribution in [0.4, 0.5) is 0 Å². The van der Waals surface area contributed by atoms with Crippen molar-refractivity contribution in [1.82, 2.24) is 47.0 Å². The molecule has 636 valence electrons. The molecule has 4 bridgehead atoms. The lowest BCUT2D eigenvalue weighted by atomic mass is 9.85. The van der Waals surface area contributed by atoms with Crippen LogP contribution in [0.25, 0.3) is 0 Å². The zero-order valence-corrected chi connectivity index (χ0v) is 70.1. The highest BCUT2D eigenvalue weighted by molar-refractivity contribution is 5.99. The van der Waals surface area contributed by atoms with E-state index in [1.165, 1.54) is 23.6 Å². The Labute approximate surface area is 678 Å². The van der Waals surface area contributed by atoms with Crippen molar-refractivity contribution in [1.29, 1.82) is 0 Å². The zero-order valence-electron chi connectivity index (χ0n) is 70.1. The number of aromatic hydroxyl groups is 2. The molecule has 26 nitrogen and oxygen atoms in total. The number of nitrogens with zero attached hydrogens (tertiary/aromatic N) is 2. The lowest BCUT2D eigenvalue weighted by Crippen LogP contribution is -2.59. The minimum Gasteiger partial charge on any atom is -0.508 e. The van der Waals surface area contributed by atoms with Gasteiger partial charge >= 0.3 is 0 Å². The van der Waals surface area contributed by atoms with Crippen molar-refractivity contribution < 1.29 is 67.7 Å². The largest absolute Gasteiger partial charge is 0.508 e. The highest BCUT2D eigenvalue weighted by Gasteiger charge is 2.43. The fourth-order valence-electron chi connectivity index (χ4n) is 15.5. The summed E-state index contributed by atoms with van der Waals surface area (Å²) in [5, 5.41) is 42.4. The van der Waals surface area contributed by atoms with Crippen LogP contribution in [-0.2, 0) is 83.2 Å². The Bertz CT molecular complexity index is 3530. The molecule has 2 aromatic rings. The minimum absolute atomic E-state index is 0.00276. The van der Waals surface area contributed by atoms with Gasteiger partial charge in [0, 0.05) is 63.6 Å². The van der Waals surface area contributed by atoms with Gasteiger partial charge in [0.05, 0.1) is 18.1 Å². The van der Waals surface area contributed by atoms with Crippen molar-refractivity contribution in [2.45, 2.75) is 310 Å². The topological polar surface area (TPSA) is 414 Å². The van der Waals surface area contributed by atoms with Crippen LogP contribution in [-0.4, -0.2) is 184 Å². The van der Waals surface area contributed by atoms with Crippen molar-refractivity contribution in [2.75, 3.05) is 39.3 Å². The first-order chi connectivity index (χ1) is 54.4. The highest BCUT2D eigenvalue weighted by Crippen LogP contribution is 2.29. The van der Waals surface area contributed by atoms with Crippen LogP contribution in [0.1, 0.15) is 252 Å². The molecule has 2 saturated heterocycles. The van der Waals surface area contributed by atoms with Crippen molar-refractivity contribution in [3.8, 4) is 11.5 Å². The number of carbonyl (C=O) groups is 12. The van der Waals surface area contributed by atoms with Crippen LogP contribution in [0.3, 0.4) is 0 Å². The van der Waals surface area contributed by atoms with Gasteiger partial charge in [-0.1, -0.05) is 136 Å². The van der Waals surface area contributed by atoms with Gasteiger partial charge in [-0.2, -0.15) is 0 Å². The Morgan fingerprint density at radius 1 is 0.535 bits per heavy atom. The quantitative estimate of drug-likeness (QED) is 0.0282. The highest BCUT2D eigenvalue weighted by atomic mass is 16.3. The van der Waals surface area contributed by atoms with Crippen molar-refractivity contribution in [2.24, 2.45) is 52.7 Å². The number of allylic oxidation sites excluding steroid dienone is 3. The number of benzene rings is 2. The third kappa shape index (κ3) is 32.5. The number of phenols is 2. The molecule has 0 saturated carbocycles. The number of nitrogens with two attached hydrogens (primary N) is 3. The Morgan fingerprint density at radius 2 is 0.991 bits per heavy atom. The number of unbranched alkanes of at least 4 members (excludes halogenated alkanes) is 2. The second kappa shape index (κ2) is 51.0. The van der Waals surface area contributed by atoms with E-state index in [4.69, 9.17) is 17.2 Å². The molecule has 0 spiro atoms. The predicted octanol–water partition coefficient (Wildman–Crippen LogP) is 8.18. The van der Waals surface area contributed by atoms with Gasteiger partial charge in [0.1, 0.15) is 59.3 Å². The van der Waals surface area contributed by atoms with Gasteiger partial charge in [0.2, 0.25) is 47.3 Å². The van der Waals surface area contributed by atoms with E-state index in [0.29, 0.717) is 183 Å². The number of hydrogen-bond donors (Lipinski definition) is 12. The van der Waals surface area contributed by atoms with Gasteiger partial charge in [-0.15, -0.1) is 0 Å². The third-order valence-electron chi connectivity index (χ3n) is 22.8. The average molecular weight is 1590 g/mol. The van der Waals surface area contributed by atoms with Gasteiger partial charge < -0.3 is 74.4 Å². The summed E-state index contributed by atoms with van der Waals surface area (Å²) >= 11 is 0. The Balaban J connectivity index is 0.000000407. The molecule has 3 unspecified atom stereocenters. The molecule has 13 atom stereocenters. The van der Waals surface area contributed by atoms with Crippen LogP contribution in [0.15, 0.2) is 60.7 Å². The van der Waals surface area contributed by atoms with E-state index in [9.17, 15) is 67.7 Å². The lowest BCUT2D eigenvalue weighted by Gasteiger charge is -2.31. The maximum Gasteiger partial charge on any atom is 0.245 e. The average Bonchev–Trinajstić information content (AvgIpc) is 1.60. The van der Waals surface area contributed by atoms with Crippen LogP contribution in [0.5, 0.6) is 11.5 Å². The van der Waals surface area contributed by atoms with Gasteiger partial charge in [-0.05, 0) is 214 Å². The number of nitrogens with one attached hydrogen (secondary N) is 7. The molecular formula is C88H140N12O14. The number of ketones is 4. The predicted molar refractivity (Wildman–Crippen MR) is 444 cm³/mol. The second-order valence-corrected chi connectivity index (χ2v) is 33.2. The molecule has 4 aliphatic rings. The van der Waals surface area contributed by atoms with Gasteiger partial charge in [0.25, 0.3) is 0 Å². The first kappa shape index (κ1) is 96.4. The molecule has 0 radical (unpaired) electrons. The SMILES string of the molecule is CCC(C)[C@H](NC(=O)[C@@H]1Cc2ccc(O)c(c2)CC=CCCCCCCC(=O)N[C@@H](CCCCN)C(=O)N2CCC[C@H]2C(=O)N1)C(=O)CC(CC(C)C)C(C)=O.CCC(C)[C@H](NC(=O)[C@@H]1Cc2ccc(O)c(c2)CC=CCNCCCC[C@H](N)C(=O)N[C@@H](CCCCN)C(=O)N2CCC[C@H]2C(=O)N1)C(=O)C[C@@H](CC(C)C)C(C)=O. The number of amides is 8. The van der Waals surface area contributed by atoms with Crippen LogP contribution in [0, 0.1) is 35.5 Å². The number of carbonyl (C=O) groups excluding carboxylic acids is 12. The Hall–Kier alpha value is -8.20. The fourth-order valence-corrected chi connectivity index (χ4v) is 15.5. The summed E-state index contributed by atoms with van der Waals surface area (Å²) in [7, 11) is 0. The maximum atomic E-state index is 14.4. The first-order valence-electron chi connectivity index (χ1n) is 42.7. The maximum absolute atomic E-state index is 14.4. The van der Waals surface area contributed by atoms with Gasteiger partial charge in [-0.25, -0.2) is 0 Å². The van der Waals surface area contributed by atoms with Crippen molar-refractivity contribution in [3.05, 3.63) is 83.0 Å². The van der Waals surface area contributed by atoms with E-state index in [1.807, 2.05) is 79.7 Å². The molecule has 6 rings (SSSR count). The summed E-state index contributed by atoms with van der Waals surface area (Å²) in [6, 6.07) is 1.90. The third-order valence-corrected chi connectivity index (χ3v) is 22.8. The van der Waals surface area contributed by atoms with Gasteiger partial charge in [-0.3, -0.25) is 57.5 Å². The Morgan fingerprint density at radius 3 is 1.44 bits per heavy atom. The van der Waals surface area contributed by atoms with Crippen LogP contribution < -0.4 is 54.4 Å². The molecule has 26 heteroatoms.